The van der Waals surface area contributed by atoms with Gasteiger partial charge in [-0.1, -0.05) is 23.2 Å². The van der Waals surface area contributed by atoms with Gasteiger partial charge in [0.25, 0.3) is 0 Å². The zero-order valence-electron chi connectivity index (χ0n) is 10.4. The molecule has 0 fully saturated rings. The highest BCUT2D eigenvalue weighted by atomic mass is 35.5. The summed E-state index contributed by atoms with van der Waals surface area (Å²) in [6.07, 6.45) is 1.56. The second-order valence-corrected chi connectivity index (χ2v) is 4.88. The van der Waals surface area contributed by atoms with Crippen LogP contribution in [0.25, 0.3) is 0 Å². The smallest absolute Gasteiger partial charge is 0.127 e. The molecule has 1 N–H and O–H groups in total. The standard InChI is InChI=1S/C15H12Cl2O3/c16-15(17)9-10-19-12-5-7-14(8-6-12)20-13-3-1-11(18)2-4-13/h1-9,18H,10H2. The van der Waals surface area contributed by atoms with Crippen LogP contribution in [-0.2, 0) is 0 Å². The number of hydrogen-bond acceptors (Lipinski definition) is 3. The number of hydrogen-bond donors (Lipinski definition) is 1. The van der Waals surface area contributed by atoms with Crippen molar-refractivity contribution in [2.45, 2.75) is 0 Å². The maximum atomic E-state index is 9.19. The SMILES string of the molecule is Oc1ccc(Oc2ccc(OCC=C(Cl)Cl)cc2)cc1. The van der Waals surface area contributed by atoms with Crippen molar-refractivity contribution < 1.29 is 14.6 Å². The summed E-state index contributed by atoms with van der Waals surface area (Å²) in [4.78, 5) is 0. The Kier molecular flexibility index (Phi) is 5.16. The highest BCUT2D eigenvalue weighted by Gasteiger charge is 1.99. The highest BCUT2D eigenvalue weighted by Crippen LogP contribution is 2.25. The molecule has 3 nitrogen and oxygen atoms in total. The zero-order valence-corrected chi connectivity index (χ0v) is 11.9. The molecule has 104 valence electrons. The van der Waals surface area contributed by atoms with Crippen LogP contribution in [0.4, 0.5) is 0 Å². The van der Waals surface area contributed by atoms with Gasteiger partial charge < -0.3 is 14.6 Å². The van der Waals surface area contributed by atoms with E-state index >= 15 is 0 Å². The molecule has 2 rings (SSSR count). The lowest BCUT2D eigenvalue weighted by atomic mass is 10.3. The molecule has 0 aromatic heterocycles. The second-order valence-electron chi connectivity index (χ2n) is 3.87. The van der Waals surface area contributed by atoms with E-state index in [1.807, 2.05) is 0 Å². The van der Waals surface area contributed by atoms with E-state index in [0.29, 0.717) is 23.9 Å². The molecule has 0 radical (unpaired) electrons. The summed E-state index contributed by atoms with van der Waals surface area (Å²) in [6.45, 7) is 0.306. The van der Waals surface area contributed by atoms with E-state index in [4.69, 9.17) is 32.7 Å². The zero-order chi connectivity index (χ0) is 14.4. The van der Waals surface area contributed by atoms with E-state index < -0.39 is 0 Å². The van der Waals surface area contributed by atoms with Crippen molar-refractivity contribution >= 4 is 23.2 Å². The summed E-state index contributed by atoms with van der Waals surface area (Å²) in [6, 6.07) is 13.6. The molecule has 0 saturated carbocycles. The van der Waals surface area contributed by atoms with Crippen LogP contribution in [0.1, 0.15) is 0 Å². The first-order chi connectivity index (χ1) is 9.63. The van der Waals surface area contributed by atoms with E-state index in [9.17, 15) is 5.11 Å². The third-order valence-corrected chi connectivity index (χ3v) is 2.69. The topological polar surface area (TPSA) is 38.7 Å². The number of aromatic hydroxyl groups is 1. The first-order valence-corrected chi connectivity index (χ1v) is 6.60. The Balaban J connectivity index is 1.94. The van der Waals surface area contributed by atoms with Gasteiger partial charge in [0.15, 0.2) is 0 Å². The lowest BCUT2D eigenvalue weighted by molar-refractivity contribution is 0.362. The van der Waals surface area contributed by atoms with Crippen molar-refractivity contribution in [1.82, 2.24) is 0 Å². The Morgan fingerprint density at radius 3 is 1.95 bits per heavy atom. The average Bonchev–Trinajstić information content (AvgIpc) is 2.43. The van der Waals surface area contributed by atoms with E-state index in [1.165, 1.54) is 0 Å². The van der Waals surface area contributed by atoms with Gasteiger partial charge in [-0.2, -0.15) is 0 Å². The van der Waals surface area contributed by atoms with Crippen molar-refractivity contribution in [2.75, 3.05) is 6.61 Å². The quantitative estimate of drug-likeness (QED) is 0.855. The molecule has 0 spiro atoms. The molecule has 0 amide bonds. The molecule has 20 heavy (non-hydrogen) atoms. The van der Waals surface area contributed by atoms with E-state index in [-0.39, 0.29) is 10.2 Å². The molecule has 2 aromatic rings. The fourth-order valence-electron chi connectivity index (χ4n) is 1.46. The number of ether oxygens (including phenoxy) is 2. The molecule has 0 aliphatic carbocycles. The van der Waals surface area contributed by atoms with Gasteiger partial charge in [-0.25, -0.2) is 0 Å². The number of halogens is 2. The highest BCUT2D eigenvalue weighted by molar-refractivity contribution is 6.55. The molecule has 0 aliphatic heterocycles. The molecule has 5 heteroatoms. The van der Waals surface area contributed by atoms with Crippen LogP contribution in [0.3, 0.4) is 0 Å². The summed E-state index contributed by atoms with van der Waals surface area (Å²) in [7, 11) is 0. The molecule has 0 bridgehead atoms. The van der Waals surface area contributed by atoms with Gasteiger partial charge in [-0.15, -0.1) is 0 Å². The van der Waals surface area contributed by atoms with Crippen LogP contribution in [0.2, 0.25) is 0 Å². The van der Waals surface area contributed by atoms with Crippen LogP contribution < -0.4 is 9.47 Å². The minimum Gasteiger partial charge on any atom is -0.508 e. The minimum absolute atomic E-state index is 0.178. The number of rotatable bonds is 5. The van der Waals surface area contributed by atoms with Crippen molar-refractivity contribution in [3.05, 3.63) is 59.1 Å². The summed E-state index contributed by atoms with van der Waals surface area (Å²) < 4.78 is 11.2. The maximum Gasteiger partial charge on any atom is 0.127 e. The van der Waals surface area contributed by atoms with Crippen LogP contribution in [-0.4, -0.2) is 11.7 Å². The summed E-state index contributed by atoms with van der Waals surface area (Å²) in [5.41, 5.74) is 0. The van der Waals surface area contributed by atoms with Gasteiger partial charge in [-0.05, 0) is 54.6 Å². The minimum atomic E-state index is 0.178. The van der Waals surface area contributed by atoms with Crippen molar-refractivity contribution in [3.63, 3.8) is 0 Å². The third-order valence-electron chi connectivity index (χ3n) is 2.38. The third kappa shape index (κ3) is 4.68. The van der Waals surface area contributed by atoms with E-state index in [2.05, 4.69) is 0 Å². The number of phenols is 1. The average molecular weight is 311 g/mol. The Labute approximate surface area is 127 Å². The van der Waals surface area contributed by atoms with Crippen LogP contribution >= 0.6 is 23.2 Å². The molecule has 0 saturated heterocycles. The van der Waals surface area contributed by atoms with Crippen molar-refractivity contribution in [3.8, 4) is 23.0 Å². The van der Waals surface area contributed by atoms with Gasteiger partial charge in [0.05, 0.1) is 0 Å². The van der Waals surface area contributed by atoms with Gasteiger partial charge in [0.1, 0.15) is 34.1 Å². The Morgan fingerprint density at radius 1 is 0.900 bits per heavy atom. The Hall–Kier alpha value is -1.84. The summed E-state index contributed by atoms with van der Waals surface area (Å²) in [5.74, 6) is 2.21. The first-order valence-electron chi connectivity index (χ1n) is 5.84. The predicted octanol–water partition coefficient (Wildman–Crippen LogP) is 4.88. The lowest BCUT2D eigenvalue weighted by Gasteiger charge is -2.07. The van der Waals surface area contributed by atoms with Crippen LogP contribution in [0.15, 0.2) is 59.1 Å². The molecular weight excluding hydrogens is 299 g/mol. The lowest BCUT2D eigenvalue weighted by Crippen LogP contribution is -1.93. The van der Waals surface area contributed by atoms with E-state index in [1.54, 1.807) is 54.6 Å². The maximum absolute atomic E-state index is 9.19. The molecule has 0 aliphatic rings. The van der Waals surface area contributed by atoms with Gasteiger partial charge in [0.2, 0.25) is 0 Å². The molecular formula is C15H12Cl2O3. The van der Waals surface area contributed by atoms with Crippen molar-refractivity contribution in [1.29, 1.82) is 0 Å². The molecule has 0 unspecified atom stereocenters. The first kappa shape index (κ1) is 14.6. The molecule has 2 aromatic carbocycles. The predicted molar refractivity (Wildman–Crippen MR) is 79.9 cm³/mol. The van der Waals surface area contributed by atoms with Crippen LogP contribution in [0.5, 0.6) is 23.0 Å². The van der Waals surface area contributed by atoms with Gasteiger partial charge in [0, 0.05) is 0 Å². The van der Waals surface area contributed by atoms with E-state index in [0.717, 1.165) is 0 Å². The fourth-order valence-corrected chi connectivity index (χ4v) is 1.58. The second kappa shape index (κ2) is 7.08. The molecule has 0 atom stereocenters. The fraction of sp³-hybridized carbons (Fsp3) is 0.0667. The Morgan fingerprint density at radius 2 is 1.40 bits per heavy atom. The monoisotopic (exact) mass is 310 g/mol. The Bertz CT molecular complexity index is 573. The normalized spacial score (nSPS) is 9.90. The van der Waals surface area contributed by atoms with Crippen LogP contribution in [0, 0.1) is 0 Å². The summed E-state index contributed by atoms with van der Waals surface area (Å²) in [5, 5.41) is 9.19. The number of phenolic OH excluding ortho intramolecular Hbond substituents is 1. The van der Waals surface area contributed by atoms with Gasteiger partial charge >= 0.3 is 0 Å². The van der Waals surface area contributed by atoms with Gasteiger partial charge in [-0.3, -0.25) is 0 Å². The number of benzene rings is 2. The summed E-state index contributed by atoms with van der Waals surface area (Å²) >= 11 is 11.0. The van der Waals surface area contributed by atoms with Crippen molar-refractivity contribution in [2.24, 2.45) is 0 Å². The largest absolute Gasteiger partial charge is 0.508 e. The molecule has 0 heterocycles.